The number of carbonyl (C=O) groups is 1. The number of nitrogens with one attached hydrogen (secondary N) is 1. The van der Waals surface area contributed by atoms with Crippen LogP contribution in [0.5, 0.6) is 11.5 Å². The molecule has 2 N–H and O–H groups in total. The quantitative estimate of drug-likeness (QED) is 0.476. The summed E-state index contributed by atoms with van der Waals surface area (Å²) in [6.45, 7) is 4.34. The molecule has 0 bridgehead atoms. The van der Waals surface area contributed by atoms with Crippen LogP contribution in [0.3, 0.4) is 0 Å². The van der Waals surface area contributed by atoms with Crippen LogP contribution < -0.4 is 10.1 Å². The first-order valence-electron chi connectivity index (χ1n) is 8.43. The van der Waals surface area contributed by atoms with E-state index in [1.54, 1.807) is 24.3 Å². The molecule has 0 saturated heterocycles. The van der Waals surface area contributed by atoms with E-state index in [1.807, 2.05) is 13.8 Å². The monoisotopic (exact) mass is 392 g/mol. The molecule has 0 heterocycles. The lowest BCUT2D eigenvalue weighted by molar-refractivity contribution is -0.385. The maximum absolute atomic E-state index is 11.3. The fraction of sp³-hybridized carbons (Fsp3) is 0.316. The Hall–Kier alpha value is -2.64. The second kappa shape index (κ2) is 9.34. The predicted octanol–water partition coefficient (Wildman–Crippen LogP) is 4.63. The molecular formula is C19H21ClN2O5. The summed E-state index contributed by atoms with van der Waals surface area (Å²) in [7, 11) is 0. The summed E-state index contributed by atoms with van der Waals surface area (Å²) < 4.78 is 5.58. The highest BCUT2D eigenvalue weighted by atomic mass is 35.5. The lowest BCUT2D eigenvalue weighted by Crippen LogP contribution is -2.37. The zero-order valence-electron chi connectivity index (χ0n) is 15.0. The van der Waals surface area contributed by atoms with Crippen LogP contribution in [-0.2, 0) is 11.3 Å². The predicted molar refractivity (Wildman–Crippen MR) is 102 cm³/mol. The largest absolute Gasteiger partial charge is 0.480 e. The normalized spacial score (nSPS) is 12.0. The molecule has 27 heavy (non-hydrogen) atoms. The van der Waals surface area contributed by atoms with Gasteiger partial charge in [-0.25, -0.2) is 0 Å². The number of carboxylic acid groups (broad SMARTS) is 1. The minimum absolute atomic E-state index is 0.0955. The van der Waals surface area contributed by atoms with Crippen LogP contribution in [0.2, 0.25) is 5.02 Å². The van der Waals surface area contributed by atoms with Crippen LogP contribution in [0, 0.1) is 16.0 Å². The number of nitrogens with zero attached hydrogens (tertiary/aromatic N) is 1. The van der Waals surface area contributed by atoms with Gasteiger partial charge in [0, 0.05) is 17.6 Å². The molecule has 2 rings (SSSR count). The topological polar surface area (TPSA) is 102 Å². The molecule has 144 valence electrons. The van der Waals surface area contributed by atoms with Crippen molar-refractivity contribution in [2.75, 3.05) is 0 Å². The third kappa shape index (κ3) is 6.23. The number of benzene rings is 2. The van der Waals surface area contributed by atoms with E-state index >= 15 is 0 Å². The number of aliphatic carboxylic acids is 1. The highest BCUT2D eigenvalue weighted by molar-refractivity contribution is 6.30. The smallest absolute Gasteiger partial charge is 0.320 e. The molecule has 2 aromatic carbocycles. The minimum atomic E-state index is -0.876. The van der Waals surface area contributed by atoms with Gasteiger partial charge >= 0.3 is 11.7 Å². The average Bonchev–Trinajstić information content (AvgIpc) is 2.60. The Kier molecular flexibility index (Phi) is 7.15. The second-order valence-electron chi connectivity index (χ2n) is 6.52. The van der Waals surface area contributed by atoms with Gasteiger partial charge in [-0.05, 0) is 42.2 Å². The van der Waals surface area contributed by atoms with Gasteiger partial charge in [-0.15, -0.1) is 0 Å². The van der Waals surface area contributed by atoms with Gasteiger partial charge in [0.25, 0.3) is 0 Å². The summed E-state index contributed by atoms with van der Waals surface area (Å²) >= 11 is 5.79. The zero-order chi connectivity index (χ0) is 20.0. The molecule has 0 aliphatic rings. The molecule has 0 fully saturated rings. The average molecular weight is 393 g/mol. The van der Waals surface area contributed by atoms with Crippen molar-refractivity contribution in [1.82, 2.24) is 5.32 Å². The van der Waals surface area contributed by atoms with Gasteiger partial charge < -0.3 is 15.2 Å². The van der Waals surface area contributed by atoms with E-state index in [4.69, 9.17) is 16.3 Å². The van der Waals surface area contributed by atoms with E-state index in [2.05, 4.69) is 5.32 Å². The van der Waals surface area contributed by atoms with E-state index in [9.17, 15) is 20.0 Å². The molecule has 1 unspecified atom stereocenters. The SMILES string of the molecule is CC(C)CC(NCc1ccc(Oc2ccc(Cl)cc2[N+](=O)[O-])cc1)C(=O)O. The van der Waals surface area contributed by atoms with Crippen LogP contribution in [0.4, 0.5) is 5.69 Å². The summed E-state index contributed by atoms with van der Waals surface area (Å²) in [5.74, 6) is -0.0810. The number of nitro benzene ring substituents is 1. The fourth-order valence-electron chi connectivity index (χ4n) is 2.51. The second-order valence-corrected chi connectivity index (χ2v) is 6.95. The van der Waals surface area contributed by atoms with Crippen molar-refractivity contribution >= 4 is 23.3 Å². The summed E-state index contributed by atoms with van der Waals surface area (Å²) in [6.07, 6.45) is 0.538. The molecule has 8 heteroatoms. The standard InChI is InChI=1S/C19H21ClN2O5/c1-12(2)9-16(19(23)24)21-11-13-3-6-15(7-4-13)27-18-8-5-14(20)10-17(18)22(25)26/h3-8,10,12,16,21H,9,11H2,1-2H3,(H,23,24). The number of carboxylic acids is 1. The van der Waals surface area contributed by atoms with Gasteiger partial charge in [-0.3, -0.25) is 14.9 Å². The highest BCUT2D eigenvalue weighted by Crippen LogP contribution is 2.33. The van der Waals surface area contributed by atoms with Crippen LogP contribution in [0.25, 0.3) is 0 Å². The van der Waals surface area contributed by atoms with Gasteiger partial charge in [0.2, 0.25) is 5.75 Å². The van der Waals surface area contributed by atoms with Crippen LogP contribution in [0.15, 0.2) is 42.5 Å². The maximum atomic E-state index is 11.3. The van der Waals surface area contributed by atoms with Crippen molar-refractivity contribution in [2.45, 2.75) is 32.9 Å². The summed E-state index contributed by atoms with van der Waals surface area (Å²) in [5.41, 5.74) is 0.661. The first-order chi connectivity index (χ1) is 12.8. The molecule has 0 aromatic heterocycles. The van der Waals surface area contributed by atoms with Crippen molar-refractivity contribution < 1.29 is 19.6 Å². The van der Waals surface area contributed by atoms with Gasteiger partial charge in [-0.2, -0.15) is 0 Å². The third-order valence-electron chi connectivity index (χ3n) is 3.83. The van der Waals surface area contributed by atoms with E-state index in [1.165, 1.54) is 18.2 Å². The van der Waals surface area contributed by atoms with Crippen LogP contribution >= 0.6 is 11.6 Å². The van der Waals surface area contributed by atoms with Crippen molar-refractivity contribution in [1.29, 1.82) is 0 Å². The van der Waals surface area contributed by atoms with Gasteiger partial charge in [0.15, 0.2) is 0 Å². The van der Waals surface area contributed by atoms with E-state index in [0.29, 0.717) is 18.7 Å². The first kappa shape index (κ1) is 20.7. The molecule has 1 atom stereocenters. The molecule has 0 radical (unpaired) electrons. The Morgan fingerprint density at radius 1 is 1.26 bits per heavy atom. The Morgan fingerprint density at radius 3 is 2.48 bits per heavy atom. The number of nitro groups is 1. The first-order valence-corrected chi connectivity index (χ1v) is 8.81. The molecular weight excluding hydrogens is 372 g/mol. The number of halogens is 1. The molecule has 2 aromatic rings. The Bertz CT molecular complexity index is 808. The Labute approximate surface area is 162 Å². The number of hydrogen-bond acceptors (Lipinski definition) is 5. The molecule has 0 aliphatic heterocycles. The van der Waals surface area contributed by atoms with Crippen molar-refractivity contribution in [2.24, 2.45) is 5.92 Å². The highest BCUT2D eigenvalue weighted by Gasteiger charge is 2.18. The van der Waals surface area contributed by atoms with Crippen molar-refractivity contribution in [3.8, 4) is 11.5 Å². The maximum Gasteiger partial charge on any atom is 0.320 e. The fourth-order valence-corrected chi connectivity index (χ4v) is 2.67. The molecule has 0 saturated carbocycles. The molecule has 0 spiro atoms. The van der Waals surface area contributed by atoms with E-state index in [-0.39, 0.29) is 22.4 Å². The lowest BCUT2D eigenvalue weighted by Gasteiger charge is -2.16. The van der Waals surface area contributed by atoms with Gasteiger partial charge in [-0.1, -0.05) is 37.6 Å². The number of rotatable bonds is 9. The number of hydrogen-bond donors (Lipinski definition) is 2. The summed E-state index contributed by atoms with van der Waals surface area (Å²) in [5, 5.41) is 23.6. The third-order valence-corrected chi connectivity index (χ3v) is 4.06. The van der Waals surface area contributed by atoms with Gasteiger partial charge in [0.05, 0.1) is 4.92 Å². The summed E-state index contributed by atoms with van der Waals surface area (Å²) in [4.78, 5) is 21.8. The van der Waals surface area contributed by atoms with Crippen molar-refractivity contribution in [3.63, 3.8) is 0 Å². The van der Waals surface area contributed by atoms with E-state index < -0.39 is 16.9 Å². The van der Waals surface area contributed by atoms with Crippen molar-refractivity contribution in [3.05, 3.63) is 63.2 Å². The molecule has 7 nitrogen and oxygen atoms in total. The minimum Gasteiger partial charge on any atom is -0.480 e. The number of ether oxygens (including phenoxy) is 1. The Balaban J connectivity index is 2.03. The lowest BCUT2D eigenvalue weighted by atomic mass is 10.0. The summed E-state index contributed by atoms with van der Waals surface area (Å²) in [6, 6.07) is 10.5. The van der Waals surface area contributed by atoms with Crippen LogP contribution in [-0.4, -0.2) is 22.0 Å². The molecule has 0 amide bonds. The zero-order valence-corrected chi connectivity index (χ0v) is 15.8. The van der Waals surface area contributed by atoms with Gasteiger partial charge in [0.1, 0.15) is 11.8 Å². The van der Waals surface area contributed by atoms with E-state index in [0.717, 1.165) is 5.56 Å². The molecule has 0 aliphatic carbocycles. The Morgan fingerprint density at radius 2 is 1.93 bits per heavy atom. The van der Waals surface area contributed by atoms with Crippen LogP contribution in [0.1, 0.15) is 25.8 Å².